The lowest BCUT2D eigenvalue weighted by Gasteiger charge is -2.25. The molecule has 30 heavy (non-hydrogen) atoms. The number of hydrazine groups is 1. The van der Waals surface area contributed by atoms with Crippen molar-refractivity contribution in [2.75, 3.05) is 6.61 Å². The number of aryl methyl sites for hydroxylation is 1. The topological polar surface area (TPSA) is 105 Å². The van der Waals surface area contributed by atoms with Crippen molar-refractivity contribution in [3.63, 3.8) is 0 Å². The first-order valence-corrected chi connectivity index (χ1v) is 9.67. The van der Waals surface area contributed by atoms with E-state index in [1.54, 1.807) is 37.3 Å². The quantitative estimate of drug-likeness (QED) is 0.513. The van der Waals surface area contributed by atoms with Crippen LogP contribution in [0.1, 0.15) is 30.9 Å². The summed E-state index contributed by atoms with van der Waals surface area (Å²) in [6.45, 7) is 1.18. The van der Waals surface area contributed by atoms with E-state index in [0.717, 1.165) is 5.56 Å². The molecule has 2 aromatic rings. The number of hydrogen-bond acceptors (Lipinski definition) is 5. The Balaban J connectivity index is 1.54. The highest BCUT2D eigenvalue weighted by atomic mass is 16.5. The lowest BCUT2D eigenvalue weighted by atomic mass is 9.87. The molecule has 1 atom stereocenters. The van der Waals surface area contributed by atoms with E-state index in [0.29, 0.717) is 23.4 Å². The summed E-state index contributed by atoms with van der Waals surface area (Å²) in [7, 11) is 0. The van der Waals surface area contributed by atoms with Gasteiger partial charge in [0.25, 0.3) is 11.8 Å². The minimum Gasteiger partial charge on any atom is -0.455 e. The Morgan fingerprint density at radius 2 is 1.67 bits per heavy atom. The number of carbonyl (C=O) groups is 4. The molecule has 0 unspecified atom stereocenters. The van der Waals surface area contributed by atoms with Gasteiger partial charge in [-0.25, -0.2) is 4.79 Å². The highest BCUT2D eigenvalue weighted by molar-refractivity contribution is 6.08. The van der Waals surface area contributed by atoms with Crippen molar-refractivity contribution in [1.29, 1.82) is 0 Å². The number of hydrogen-bond donors (Lipinski definition) is 2. The largest absolute Gasteiger partial charge is 0.455 e. The number of esters is 1. The zero-order valence-electron chi connectivity index (χ0n) is 16.6. The van der Waals surface area contributed by atoms with Gasteiger partial charge in [0.1, 0.15) is 5.54 Å². The Hall–Kier alpha value is -3.68. The molecule has 2 N–H and O–H groups in total. The van der Waals surface area contributed by atoms with Crippen LogP contribution in [0.4, 0.5) is 4.79 Å². The summed E-state index contributed by atoms with van der Waals surface area (Å²) in [4.78, 5) is 49.3. The van der Waals surface area contributed by atoms with E-state index >= 15 is 0 Å². The Labute approximate surface area is 174 Å². The second-order valence-electron chi connectivity index (χ2n) is 6.88. The van der Waals surface area contributed by atoms with Gasteiger partial charge in [0.05, 0.1) is 0 Å². The van der Waals surface area contributed by atoms with Crippen molar-refractivity contribution < 1.29 is 23.9 Å². The number of imide groups is 1. The number of rotatable bonds is 8. The van der Waals surface area contributed by atoms with Crippen molar-refractivity contribution >= 4 is 23.8 Å². The Bertz CT molecular complexity index is 932. The molecule has 3 rings (SSSR count). The van der Waals surface area contributed by atoms with Crippen molar-refractivity contribution in [1.82, 2.24) is 15.8 Å². The Morgan fingerprint density at radius 1 is 1.03 bits per heavy atom. The Kier molecular flexibility index (Phi) is 6.46. The number of nitrogens with zero attached hydrogens (tertiary/aromatic N) is 1. The zero-order chi connectivity index (χ0) is 21.6. The van der Waals surface area contributed by atoms with Crippen molar-refractivity contribution in [3.8, 4) is 0 Å². The number of carbonyl (C=O) groups excluding carboxylic acids is 4. The standard InChI is InChI=1S/C22H23N3O5/c1-2-22(17-11-7-4-8-12-17)20(28)25(21(29)23-22)24-18(26)15-30-19(27)14-13-16-9-5-3-6-10-16/h3-12H,2,13-15H2,1H3,(H,23,29)(H,24,26)/t22-/m0/s1. The van der Waals surface area contributed by atoms with Gasteiger partial charge in [-0.05, 0) is 24.0 Å². The van der Waals surface area contributed by atoms with Crippen LogP contribution in [-0.4, -0.2) is 35.4 Å². The molecule has 8 nitrogen and oxygen atoms in total. The van der Waals surface area contributed by atoms with E-state index in [1.165, 1.54) is 0 Å². The summed E-state index contributed by atoms with van der Waals surface area (Å²) < 4.78 is 4.95. The maximum Gasteiger partial charge on any atom is 0.344 e. The van der Waals surface area contributed by atoms with Gasteiger partial charge >= 0.3 is 12.0 Å². The van der Waals surface area contributed by atoms with Crippen LogP contribution in [0.15, 0.2) is 60.7 Å². The van der Waals surface area contributed by atoms with Crippen molar-refractivity contribution in [2.45, 2.75) is 31.7 Å². The van der Waals surface area contributed by atoms with Gasteiger partial charge in [0, 0.05) is 6.42 Å². The van der Waals surface area contributed by atoms with Crippen LogP contribution >= 0.6 is 0 Å². The molecular weight excluding hydrogens is 386 g/mol. The molecule has 0 bridgehead atoms. The van der Waals surface area contributed by atoms with Crippen LogP contribution in [0.25, 0.3) is 0 Å². The highest BCUT2D eigenvalue weighted by Gasteiger charge is 2.52. The monoisotopic (exact) mass is 409 g/mol. The van der Waals surface area contributed by atoms with Crippen molar-refractivity contribution in [2.24, 2.45) is 0 Å². The maximum absolute atomic E-state index is 12.9. The summed E-state index contributed by atoms with van der Waals surface area (Å²) in [5.74, 6) is -1.91. The van der Waals surface area contributed by atoms with Crippen LogP contribution in [0, 0.1) is 0 Å². The molecule has 8 heteroatoms. The van der Waals surface area contributed by atoms with Crippen LogP contribution in [0.5, 0.6) is 0 Å². The van der Waals surface area contributed by atoms with Crippen LogP contribution in [0.3, 0.4) is 0 Å². The molecule has 0 radical (unpaired) electrons. The molecule has 1 fully saturated rings. The average Bonchev–Trinajstić information content (AvgIpc) is 3.02. The zero-order valence-corrected chi connectivity index (χ0v) is 16.6. The fourth-order valence-corrected chi connectivity index (χ4v) is 3.30. The third kappa shape index (κ3) is 4.48. The molecule has 0 aliphatic carbocycles. The van der Waals surface area contributed by atoms with Gasteiger partial charge < -0.3 is 10.1 Å². The van der Waals surface area contributed by atoms with Gasteiger partial charge in [0.2, 0.25) is 0 Å². The van der Waals surface area contributed by atoms with Crippen LogP contribution < -0.4 is 10.7 Å². The fourth-order valence-electron chi connectivity index (χ4n) is 3.30. The summed E-state index contributed by atoms with van der Waals surface area (Å²) in [6, 6.07) is 17.5. The molecule has 0 aromatic heterocycles. The lowest BCUT2D eigenvalue weighted by Crippen LogP contribution is -2.49. The fraction of sp³-hybridized carbons (Fsp3) is 0.273. The molecule has 1 aliphatic rings. The van der Waals surface area contributed by atoms with E-state index in [1.807, 2.05) is 30.3 Å². The minimum absolute atomic E-state index is 0.118. The predicted molar refractivity (Wildman–Crippen MR) is 108 cm³/mol. The maximum atomic E-state index is 12.9. The smallest absolute Gasteiger partial charge is 0.344 e. The summed E-state index contributed by atoms with van der Waals surface area (Å²) in [5, 5.41) is 3.29. The third-order valence-electron chi connectivity index (χ3n) is 4.95. The molecular formula is C22H23N3O5. The number of nitrogens with one attached hydrogen (secondary N) is 2. The predicted octanol–water partition coefficient (Wildman–Crippen LogP) is 2.05. The summed E-state index contributed by atoms with van der Waals surface area (Å²) >= 11 is 0. The van der Waals surface area contributed by atoms with Gasteiger partial charge in [-0.2, -0.15) is 5.01 Å². The lowest BCUT2D eigenvalue weighted by molar-refractivity contribution is -0.150. The second-order valence-corrected chi connectivity index (χ2v) is 6.88. The van der Waals surface area contributed by atoms with Gasteiger partial charge in [-0.3, -0.25) is 19.8 Å². The molecule has 1 saturated heterocycles. The first kappa shape index (κ1) is 21.0. The van der Waals surface area contributed by atoms with E-state index in [4.69, 9.17) is 4.74 Å². The molecule has 0 spiro atoms. The normalized spacial score (nSPS) is 18.1. The average molecular weight is 409 g/mol. The van der Waals surface area contributed by atoms with E-state index in [2.05, 4.69) is 10.7 Å². The molecule has 0 saturated carbocycles. The van der Waals surface area contributed by atoms with Gasteiger partial charge in [-0.1, -0.05) is 67.6 Å². The third-order valence-corrected chi connectivity index (χ3v) is 4.95. The second kappa shape index (κ2) is 9.21. The number of amides is 4. The summed E-state index contributed by atoms with van der Waals surface area (Å²) in [6.07, 6.45) is 0.917. The molecule has 2 aromatic carbocycles. The Morgan fingerprint density at radius 3 is 2.30 bits per heavy atom. The van der Waals surface area contributed by atoms with E-state index in [-0.39, 0.29) is 6.42 Å². The molecule has 156 valence electrons. The van der Waals surface area contributed by atoms with Gasteiger partial charge in [0.15, 0.2) is 6.61 Å². The van der Waals surface area contributed by atoms with E-state index < -0.39 is 36.0 Å². The SMILES string of the molecule is CC[C@@]1(c2ccccc2)NC(=O)N(NC(=O)COC(=O)CCc2ccccc2)C1=O. The van der Waals surface area contributed by atoms with E-state index in [9.17, 15) is 19.2 Å². The first-order chi connectivity index (χ1) is 14.5. The number of benzene rings is 2. The highest BCUT2D eigenvalue weighted by Crippen LogP contribution is 2.31. The first-order valence-electron chi connectivity index (χ1n) is 9.67. The molecule has 1 heterocycles. The van der Waals surface area contributed by atoms with Gasteiger partial charge in [-0.15, -0.1) is 0 Å². The summed E-state index contributed by atoms with van der Waals surface area (Å²) in [5.41, 5.74) is 2.57. The minimum atomic E-state index is -1.25. The number of ether oxygens (including phenoxy) is 1. The van der Waals surface area contributed by atoms with Crippen molar-refractivity contribution in [3.05, 3.63) is 71.8 Å². The molecule has 4 amide bonds. The number of urea groups is 1. The van der Waals surface area contributed by atoms with Crippen LogP contribution in [0.2, 0.25) is 0 Å². The molecule has 1 aliphatic heterocycles. The van der Waals surface area contributed by atoms with Crippen LogP contribution in [-0.2, 0) is 31.1 Å².